The van der Waals surface area contributed by atoms with Gasteiger partial charge in [-0.05, 0) is 48.1 Å². The van der Waals surface area contributed by atoms with Crippen molar-refractivity contribution in [2.24, 2.45) is 11.8 Å². The van der Waals surface area contributed by atoms with Crippen molar-refractivity contribution in [1.29, 1.82) is 0 Å². The van der Waals surface area contributed by atoms with E-state index in [4.69, 9.17) is 16.3 Å². The summed E-state index contributed by atoms with van der Waals surface area (Å²) < 4.78 is 6.20. The lowest BCUT2D eigenvalue weighted by Crippen LogP contribution is -2.44. The fourth-order valence-corrected chi connectivity index (χ4v) is 5.25. The summed E-state index contributed by atoms with van der Waals surface area (Å²) in [6.45, 7) is 2.33. The van der Waals surface area contributed by atoms with Gasteiger partial charge in [0.15, 0.2) is 11.5 Å². The number of amides is 1. The number of aromatic nitrogens is 1. The molecule has 1 amide bonds. The van der Waals surface area contributed by atoms with Gasteiger partial charge in [0.2, 0.25) is 0 Å². The van der Waals surface area contributed by atoms with Crippen LogP contribution in [0.2, 0.25) is 0 Å². The molecule has 1 aromatic heterocycles. The zero-order valence-electron chi connectivity index (χ0n) is 17.1. The molecule has 0 bridgehead atoms. The molecule has 2 aliphatic heterocycles. The van der Waals surface area contributed by atoms with Crippen LogP contribution in [0.4, 0.5) is 0 Å². The van der Waals surface area contributed by atoms with Crippen LogP contribution in [-0.4, -0.2) is 38.2 Å². The third-order valence-corrected chi connectivity index (χ3v) is 7.18. The summed E-state index contributed by atoms with van der Waals surface area (Å²) in [7, 11) is 0. The predicted molar refractivity (Wildman–Crippen MR) is 114 cm³/mol. The second-order valence-electron chi connectivity index (χ2n) is 8.63. The van der Waals surface area contributed by atoms with Crippen molar-refractivity contribution < 1.29 is 19.4 Å². The molecule has 5 atom stereocenters. The van der Waals surface area contributed by atoms with Crippen molar-refractivity contribution in [2.45, 2.75) is 43.8 Å². The van der Waals surface area contributed by atoms with Crippen molar-refractivity contribution in [3.8, 4) is 5.75 Å². The Morgan fingerprint density at radius 1 is 1.23 bits per heavy atom. The van der Waals surface area contributed by atoms with E-state index in [2.05, 4.69) is 4.98 Å². The molecule has 6 nitrogen and oxygen atoms in total. The molecule has 0 radical (unpaired) electrons. The number of carbonyl (C=O) groups excluding carboxylic acids is 2. The first-order valence-corrected chi connectivity index (χ1v) is 11.0. The number of rotatable bonds is 3. The number of phenolic OH excluding ortho intramolecular Hbond substituents is 1. The minimum atomic E-state index is -0.628. The van der Waals surface area contributed by atoms with Crippen molar-refractivity contribution in [2.75, 3.05) is 0 Å². The van der Waals surface area contributed by atoms with Gasteiger partial charge in [-0.3, -0.25) is 14.6 Å². The number of Topliss-reactive ketones (excluding diaryl/α,β-unsaturated/α-hetero) is 1. The normalized spacial score (nSPS) is 30.1. The van der Waals surface area contributed by atoms with Crippen LogP contribution in [0.25, 0.3) is 0 Å². The lowest BCUT2D eigenvalue weighted by Gasteiger charge is -2.40. The molecule has 5 rings (SSSR count). The van der Waals surface area contributed by atoms with Gasteiger partial charge in [0.1, 0.15) is 11.9 Å². The zero-order chi connectivity index (χ0) is 21.7. The smallest absolute Gasteiger partial charge is 0.290 e. The van der Waals surface area contributed by atoms with E-state index in [0.717, 1.165) is 5.56 Å². The second-order valence-corrected chi connectivity index (χ2v) is 9.19. The summed E-state index contributed by atoms with van der Waals surface area (Å²) in [6, 6.07) is 9.76. The lowest BCUT2D eigenvalue weighted by molar-refractivity contribution is -0.136. The fraction of sp³-hybridized carbons (Fsp3) is 0.375. The van der Waals surface area contributed by atoms with E-state index in [1.54, 1.807) is 35.5 Å². The van der Waals surface area contributed by atoms with Crippen molar-refractivity contribution in [3.05, 3.63) is 71.3 Å². The van der Waals surface area contributed by atoms with E-state index < -0.39 is 6.04 Å². The maximum absolute atomic E-state index is 13.7. The number of hydrogen-bond donors (Lipinski definition) is 1. The molecule has 1 aliphatic carbocycles. The zero-order valence-corrected chi connectivity index (χ0v) is 17.8. The standard InChI is InChI=1S/C24H23ClN2O4/c1-13-8-19-17(10-18(13)25)22(29)20-21(15-5-2-6-16(28)9-15)27(24(30)23(20)31-19)12-14-4-3-7-26-11-14/h2-7,9,11,13,17-19,21,28H,8,10,12H2,1H3. The Morgan fingerprint density at radius 2 is 2.06 bits per heavy atom. The number of nitrogens with zero attached hydrogens (tertiary/aromatic N) is 2. The molecule has 1 N–H and O–H groups in total. The number of phenols is 1. The SMILES string of the molecule is CC1CC2OC3=C(C(=O)C2CC1Cl)C(c1cccc(O)c1)N(Cc1cccnc1)C3=O. The van der Waals surface area contributed by atoms with Crippen LogP contribution >= 0.6 is 11.6 Å². The molecule has 3 heterocycles. The van der Waals surface area contributed by atoms with Gasteiger partial charge in [-0.25, -0.2) is 0 Å². The Bertz CT molecular complexity index is 1070. The van der Waals surface area contributed by atoms with Crippen LogP contribution < -0.4 is 0 Å². The number of carbonyl (C=O) groups is 2. The maximum Gasteiger partial charge on any atom is 0.290 e. The molecule has 0 saturated heterocycles. The molecule has 5 unspecified atom stereocenters. The molecule has 0 spiro atoms. The van der Waals surface area contributed by atoms with Crippen LogP contribution in [-0.2, 0) is 20.9 Å². The highest BCUT2D eigenvalue weighted by atomic mass is 35.5. The molecular formula is C24H23ClN2O4. The summed E-state index contributed by atoms with van der Waals surface area (Å²) >= 11 is 6.49. The molecular weight excluding hydrogens is 416 g/mol. The van der Waals surface area contributed by atoms with Gasteiger partial charge in [-0.1, -0.05) is 25.1 Å². The third kappa shape index (κ3) is 3.39. The van der Waals surface area contributed by atoms with Crippen LogP contribution in [0.3, 0.4) is 0 Å². The first kappa shape index (κ1) is 20.1. The van der Waals surface area contributed by atoms with Crippen LogP contribution in [0.1, 0.15) is 36.9 Å². The molecule has 7 heteroatoms. The number of pyridine rings is 1. The van der Waals surface area contributed by atoms with E-state index in [1.807, 2.05) is 25.1 Å². The van der Waals surface area contributed by atoms with E-state index in [0.29, 0.717) is 24.0 Å². The Morgan fingerprint density at radius 3 is 2.81 bits per heavy atom. The maximum atomic E-state index is 13.7. The van der Waals surface area contributed by atoms with Gasteiger partial charge >= 0.3 is 0 Å². The number of ether oxygens (including phenoxy) is 1. The molecule has 160 valence electrons. The minimum Gasteiger partial charge on any atom is -0.508 e. The second kappa shape index (κ2) is 7.68. The quantitative estimate of drug-likeness (QED) is 0.738. The van der Waals surface area contributed by atoms with E-state index >= 15 is 0 Å². The fourth-order valence-electron chi connectivity index (χ4n) is 4.96. The average Bonchev–Trinajstić information content (AvgIpc) is 3.03. The highest BCUT2D eigenvalue weighted by molar-refractivity contribution is 6.21. The van der Waals surface area contributed by atoms with Crippen molar-refractivity contribution in [1.82, 2.24) is 9.88 Å². The molecule has 1 aromatic carbocycles. The topological polar surface area (TPSA) is 79.7 Å². The number of ketones is 1. The first-order chi connectivity index (χ1) is 14.9. The molecule has 3 aliphatic rings. The minimum absolute atomic E-state index is 0.0702. The number of alkyl halides is 1. The van der Waals surface area contributed by atoms with E-state index in [1.165, 1.54) is 0 Å². The number of fused-ring (bicyclic) bond motifs is 1. The van der Waals surface area contributed by atoms with Gasteiger partial charge < -0.3 is 14.7 Å². The van der Waals surface area contributed by atoms with Crippen molar-refractivity contribution in [3.63, 3.8) is 0 Å². The van der Waals surface area contributed by atoms with Gasteiger partial charge in [-0.15, -0.1) is 11.6 Å². The number of aromatic hydroxyl groups is 1. The van der Waals surface area contributed by atoms with Crippen LogP contribution in [0.15, 0.2) is 60.1 Å². The van der Waals surface area contributed by atoms with Gasteiger partial charge in [-0.2, -0.15) is 0 Å². The largest absolute Gasteiger partial charge is 0.508 e. The third-order valence-electron chi connectivity index (χ3n) is 6.57. The highest BCUT2D eigenvalue weighted by Crippen LogP contribution is 2.48. The van der Waals surface area contributed by atoms with Gasteiger partial charge in [0, 0.05) is 24.3 Å². The number of halogens is 1. The average molecular weight is 439 g/mol. The summed E-state index contributed by atoms with van der Waals surface area (Å²) in [4.78, 5) is 32.9. The predicted octanol–water partition coefficient (Wildman–Crippen LogP) is 3.75. The Balaban J connectivity index is 1.58. The highest BCUT2D eigenvalue weighted by Gasteiger charge is 2.53. The van der Waals surface area contributed by atoms with E-state index in [9.17, 15) is 14.7 Å². The Kier molecular flexibility index (Phi) is 4.97. The summed E-state index contributed by atoms with van der Waals surface area (Å²) in [5.74, 6) is -0.302. The number of hydrogen-bond acceptors (Lipinski definition) is 5. The van der Waals surface area contributed by atoms with Crippen LogP contribution in [0.5, 0.6) is 5.75 Å². The van der Waals surface area contributed by atoms with Crippen LogP contribution in [0, 0.1) is 11.8 Å². The summed E-state index contributed by atoms with van der Waals surface area (Å²) in [6.07, 6.45) is 4.22. The van der Waals surface area contributed by atoms with Gasteiger partial charge in [0.05, 0.1) is 17.5 Å². The van der Waals surface area contributed by atoms with Crippen molar-refractivity contribution >= 4 is 23.3 Å². The monoisotopic (exact) mass is 438 g/mol. The Labute approximate surface area is 185 Å². The molecule has 1 saturated carbocycles. The molecule has 31 heavy (non-hydrogen) atoms. The summed E-state index contributed by atoms with van der Waals surface area (Å²) in [5, 5.41) is 9.97. The van der Waals surface area contributed by atoms with E-state index in [-0.39, 0.29) is 53.1 Å². The Hall–Kier alpha value is -2.86. The molecule has 2 aromatic rings. The summed E-state index contributed by atoms with van der Waals surface area (Å²) in [5.41, 5.74) is 1.89. The lowest BCUT2D eigenvalue weighted by atomic mass is 9.74. The first-order valence-electron chi connectivity index (χ1n) is 10.5. The molecule has 1 fully saturated rings. The number of benzene rings is 1. The van der Waals surface area contributed by atoms with Gasteiger partial charge in [0.25, 0.3) is 5.91 Å².